The number of hydrogen-bond donors (Lipinski definition) is 2. The minimum Gasteiger partial charge on any atom is -0.321 e. The average molecular weight is 415 g/mol. The smallest absolute Gasteiger partial charge is 0.258 e. The highest BCUT2D eigenvalue weighted by Gasteiger charge is 2.40. The highest BCUT2D eigenvalue weighted by molar-refractivity contribution is 6.30. The molecule has 2 N–H and O–H groups in total. The van der Waals surface area contributed by atoms with Gasteiger partial charge in [0.1, 0.15) is 0 Å². The van der Waals surface area contributed by atoms with Crippen LogP contribution in [0, 0.1) is 6.92 Å². The van der Waals surface area contributed by atoms with Gasteiger partial charge in [-0.2, -0.15) is 0 Å². The van der Waals surface area contributed by atoms with Gasteiger partial charge in [0.05, 0.1) is 22.5 Å². The molecule has 0 bridgehead atoms. The van der Waals surface area contributed by atoms with Crippen molar-refractivity contribution in [2.24, 2.45) is 0 Å². The summed E-state index contributed by atoms with van der Waals surface area (Å²) in [6, 6.07) is 14.3. The highest BCUT2D eigenvalue weighted by Crippen LogP contribution is 2.38. The van der Waals surface area contributed by atoms with E-state index in [0.717, 1.165) is 36.8 Å². The Bertz CT molecular complexity index is 1110. The van der Waals surface area contributed by atoms with E-state index in [2.05, 4.69) is 62.6 Å². The lowest BCUT2D eigenvalue weighted by Crippen LogP contribution is -2.21. The van der Waals surface area contributed by atoms with Gasteiger partial charge >= 0.3 is 0 Å². The molecule has 0 aliphatic carbocycles. The second-order valence-electron chi connectivity index (χ2n) is 8.59. The first kappa shape index (κ1) is 21.1. The maximum atomic E-state index is 12.9. The molecular weight excluding hydrogens is 384 g/mol. The van der Waals surface area contributed by atoms with E-state index >= 15 is 0 Å². The zero-order chi connectivity index (χ0) is 22.1. The third kappa shape index (κ3) is 3.83. The number of rotatable bonds is 7. The Kier molecular flexibility index (Phi) is 5.81. The quantitative estimate of drug-likeness (QED) is 0.651. The van der Waals surface area contributed by atoms with Crippen molar-refractivity contribution in [3.8, 4) is 0 Å². The van der Waals surface area contributed by atoms with Crippen LogP contribution in [0.1, 0.15) is 73.8 Å². The average Bonchev–Trinajstić information content (AvgIpc) is 3.30. The predicted octanol–water partition coefficient (Wildman–Crippen LogP) is 5.23. The van der Waals surface area contributed by atoms with E-state index in [-0.39, 0.29) is 11.8 Å². The number of fused-ring (bicyclic) bond motifs is 1. The Hall–Kier alpha value is -3.14. The van der Waals surface area contributed by atoms with Gasteiger partial charge in [-0.3, -0.25) is 9.59 Å². The van der Waals surface area contributed by atoms with Crippen LogP contribution in [0.5, 0.6) is 0 Å². The number of aryl methyl sites for hydroxylation is 2. The maximum absolute atomic E-state index is 12.9. The summed E-state index contributed by atoms with van der Waals surface area (Å²) in [6.07, 6.45) is 4.41. The fourth-order valence-corrected chi connectivity index (χ4v) is 4.44. The summed E-state index contributed by atoms with van der Waals surface area (Å²) in [5, 5.41) is 5.89. The van der Waals surface area contributed by atoms with E-state index in [1.54, 1.807) is 0 Å². The van der Waals surface area contributed by atoms with Gasteiger partial charge in [-0.05, 0) is 66.0 Å². The molecule has 2 aromatic carbocycles. The zero-order valence-electron chi connectivity index (χ0n) is 18.8. The lowest BCUT2D eigenvalue weighted by Gasteiger charge is -2.15. The summed E-state index contributed by atoms with van der Waals surface area (Å²) >= 11 is 0. The normalized spacial score (nSPS) is 16.5. The summed E-state index contributed by atoms with van der Waals surface area (Å²) in [6.45, 7) is 8.66. The predicted molar refractivity (Wildman–Crippen MR) is 125 cm³/mol. The zero-order valence-corrected chi connectivity index (χ0v) is 18.8. The van der Waals surface area contributed by atoms with Gasteiger partial charge in [-0.1, -0.05) is 63.6 Å². The summed E-state index contributed by atoms with van der Waals surface area (Å²) in [5.74, 6) is 0.0242. The molecule has 31 heavy (non-hydrogen) atoms. The van der Waals surface area contributed by atoms with Crippen molar-refractivity contribution in [3.63, 3.8) is 0 Å². The molecule has 160 valence electrons. The first-order chi connectivity index (χ1) is 14.9. The largest absolute Gasteiger partial charge is 0.321 e. The number of hydrogen-bond acceptors (Lipinski definition) is 2. The Morgan fingerprint density at radius 2 is 1.42 bits per heavy atom. The molecule has 4 nitrogen and oxygen atoms in total. The molecule has 1 unspecified atom stereocenters. The van der Waals surface area contributed by atoms with Crippen LogP contribution in [0.25, 0.3) is 11.4 Å². The van der Waals surface area contributed by atoms with Gasteiger partial charge < -0.3 is 10.6 Å². The lowest BCUT2D eigenvalue weighted by atomic mass is 9.92. The van der Waals surface area contributed by atoms with Gasteiger partial charge in [0.25, 0.3) is 11.8 Å². The molecule has 4 heteroatoms. The molecule has 2 amide bonds. The maximum Gasteiger partial charge on any atom is 0.258 e. The molecule has 0 radical (unpaired) electrons. The Morgan fingerprint density at radius 1 is 0.839 bits per heavy atom. The van der Waals surface area contributed by atoms with Crippen molar-refractivity contribution in [3.05, 3.63) is 81.4 Å². The van der Waals surface area contributed by atoms with E-state index in [9.17, 15) is 9.59 Å². The van der Waals surface area contributed by atoms with Crippen LogP contribution < -0.4 is 10.6 Å². The van der Waals surface area contributed by atoms with Crippen molar-refractivity contribution < 1.29 is 9.59 Å². The molecule has 4 rings (SSSR count). The molecule has 0 fully saturated rings. The van der Waals surface area contributed by atoms with Crippen molar-refractivity contribution in [1.82, 2.24) is 10.6 Å². The Balaban J connectivity index is 1.73. The van der Waals surface area contributed by atoms with Crippen molar-refractivity contribution in [1.29, 1.82) is 0 Å². The number of nitrogens with one attached hydrogen (secondary N) is 2. The number of carbonyl (C=O) groups excluding carboxylic acids is 2. The van der Waals surface area contributed by atoms with Gasteiger partial charge in [-0.15, -0.1) is 0 Å². The van der Waals surface area contributed by atoms with Crippen LogP contribution in [-0.4, -0.2) is 11.8 Å². The van der Waals surface area contributed by atoms with E-state index < -0.39 is 0 Å². The Morgan fingerprint density at radius 3 is 1.97 bits per heavy atom. The molecular formula is C27H30N2O2. The monoisotopic (exact) mass is 414 g/mol. The molecule has 2 heterocycles. The first-order valence-electron chi connectivity index (χ1n) is 11.3. The third-order valence-corrected chi connectivity index (χ3v) is 6.44. The molecule has 0 spiro atoms. The Labute approximate surface area is 184 Å². The van der Waals surface area contributed by atoms with Crippen LogP contribution in [-0.2, 0) is 16.0 Å². The van der Waals surface area contributed by atoms with Crippen molar-refractivity contribution in [2.45, 2.75) is 59.3 Å². The highest BCUT2D eigenvalue weighted by atomic mass is 16.2. The minimum absolute atomic E-state index is 0.225. The number of carbonyl (C=O) groups is 2. The van der Waals surface area contributed by atoms with Crippen LogP contribution in [0.4, 0.5) is 0 Å². The second-order valence-corrected chi connectivity index (χ2v) is 8.59. The molecule has 0 aromatic heterocycles. The van der Waals surface area contributed by atoms with Crippen molar-refractivity contribution in [2.75, 3.05) is 0 Å². The van der Waals surface area contributed by atoms with Gasteiger partial charge in [0.2, 0.25) is 0 Å². The minimum atomic E-state index is -0.225. The number of unbranched alkanes of at least 4 members (excludes halogenated alkanes) is 1. The molecule has 2 aromatic rings. The lowest BCUT2D eigenvalue weighted by molar-refractivity contribution is -0.117. The van der Waals surface area contributed by atoms with Gasteiger partial charge in [0.15, 0.2) is 0 Å². The summed E-state index contributed by atoms with van der Waals surface area (Å²) < 4.78 is 0. The van der Waals surface area contributed by atoms with Gasteiger partial charge in [-0.25, -0.2) is 0 Å². The number of amides is 2. The van der Waals surface area contributed by atoms with E-state index in [0.29, 0.717) is 28.5 Å². The third-order valence-electron chi connectivity index (χ3n) is 6.44. The molecule has 0 saturated heterocycles. The fraction of sp³-hybridized carbons (Fsp3) is 0.333. The second kappa shape index (κ2) is 8.54. The molecule has 2 aliphatic heterocycles. The van der Waals surface area contributed by atoms with E-state index in [1.807, 2.05) is 18.2 Å². The fourth-order valence-electron chi connectivity index (χ4n) is 4.44. The van der Waals surface area contributed by atoms with E-state index in [4.69, 9.17) is 0 Å². The van der Waals surface area contributed by atoms with E-state index in [1.165, 1.54) is 16.7 Å². The summed E-state index contributed by atoms with van der Waals surface area (Å²) in [4.78, 5) is 25.8. The SMILES string of the molecule is CCCCc1ccc(C2=C3C(=O)NC(c4ccc(C(C)CC)c(C)c4)=C3C(=O)N2)cc1. The standard InChI is InChI=1S/C27H30N2O2/c1-5-7-8-18-9-11-19(12-10-18)24-22-23(27(31)28-24)25(29-26(22)30)20-13-14-21(16(3)6-2)17(4)15-20/h9-16H,5-8H2,1-4H3,(H,28,31)(H,29,30). The topological polar surface area (TPSA) is 58.2 Å². The van der Waals surface area contributed by atoms with Crippen LogP contribution in [0.15, 0.2) is 53.6 Å². The van der Waals surface area contributed by atoms with Gasteiger partial charge in [0, 0.05) is 0 Å². The first-order valence-corrected chi connectivity index (χ1v) is 11.3. The van der Waals surface area contributed by atoms with Crippen LogP contribution >= 0.6 is 0 Å². The molecule has 1 atom stereocenters. The molecule has 0 saturated carbocycles. The van der Waals surface area contributed by atoms with Crippen molar-refractivity contribution >= 4 is 23.2 Å². The number of benzene rings is 2. The summed E-state index contributed by atoms with van der Waals surface area (Å²) in [7, 11) is 0. The summed E-state index contributed by atoms with van der Waals surface area (Å²) in [5.41, 5.74) is 7.57. The van der Waals surface area contributed by atoms with Crippen LogP contribution in [0.3, 0.4) is 0 Å². The molecule has 2 aliphatic rings. The van der Waals surface area contributed by atoms with Crippen LogP contribution in [0.2, 0.25) is 0 Å².